The number of nitrogen functional groups attached to an aromatic ring is 1. The Morgan fingerprint density at radius 3 is 2.21 bits per heavy atom. The predicted octanol–water partition coefficient (Wildman–Crippen LogP) is 5.79. The lowest BCUT2D eigenvalue weighted by molar-refractivity contribution is 0.237. The quantitative estimate of drug-likeness (QED) is 0.624. The maximum absolute atomic E-state index is 6.37. The highest BCUT2D eigenvalue weighted by atomic mass is 35.5. The largest absolute Gasteiger partial charge is 0.464 e. The number of halogens is 3. The van der Waals surface area contributed by atoms with Crippen LogP contribution in [0.1, 0.15) is 17.2 Å². The SMILES string of the molecule is Nc1ccc(OC(c2ccc(Cl)cc2)c2ccc(Cl)cc2Cl)nc1. The van der Waals surface area contributed by atoms with Crippen molar-refractivity contribution in [3.05, 3.63) is 87.0 Å². The summed E-state index contributed by atoms with van der Waals surface area (Å²) in [7, 11) is 0. The molecule has 2 aromatic carbocycles. The number of benzene rings is 2. The first-order valence-corrected chi connectivity index (χ1v) is 8.25. The molecule has 122 valence electrons. The predicted molar refractivity (Wildman–Crippen MR) is 99.0 cm³/mol. The minimum Gasteiger partial charge on any atom is -0.464 e. The standard InChI is InChI=1S/C18H13Cl3N2O/c19-12-3-1-11(2-4-12)18(15-7-5-13(20)9-16(15)21)24-17-8-6-14(22)10-23-17/h1-10,18H,22H2. The number of pyridine rings is 1. The lowest BCUT2D eigenvalue weighted by Crippen LogP contribution is -2.11. The Hall–Kier alpha value is -1.94. The van der Waals surface area contributed by atoms with E-state index < -0.39 is 6.10 Å². The highest BCUT2D eigenvalue weighted by molar-refractivity contribution is 6.35. The van der Waals surface area contributed by atoms with E-state index >= 15 is 0 Å². The summed E-state index contributed by atoms with van der Waals surface area (Å²) in [6.07, 6.45) is 1.08. The molecule has 0 amide bonds. The highest BCUT2D eigenvalue weighted by Crippen LogP contribution is 2.34. The fourth-order valence-corrected chi connectivity index (χ4v) is 2.88. The Morgan fingerprint density at radius 1 is 0.875 bits per heavy atom. The van der Waals surface area contributed by atoms with E-state index in [2.05, 4.69) is 4.98 Å². The van der Waals surface area contributed by atoms with Crippen LogP contribution in [0.4, 0.5) is 5.69 Å². The molecule has 1 unspecified atom stereocenters. The number of anilines is 1. The summed E-state index contributed by atoms with van der Waals surface area (Å²) in [5, 5.41) is 1.72. The van der Waals surface area contributed by atoms with Gasteiger partial charge in [0.05, 0.1) is 11.9 Å². The summed E-state index contributed by atoms with van der Waals surface area (Å²) < 4.78 is 6.06. The average molecular weight is 380 g/mol. The first kappa shape index (κ1) is 16.9. The summed E-state index contributed by atoms with van der Waals surface area (Å²) >= 11 is 18.3. The molecule has 3 aromatic rings. The van der Waals surface area contributed by atoms with E-state index in [0.717, 1.165) is 11.1 Å². The van der Waals surface area contributed by atoms with Gasteiger partial charge < -0.3 is 10.5 Å². The van der Waals surface area contributed by atoms with Gasteiger partial charge >= 0.3 is 0 Å². The molecule has 0 saturated carbocycles. The summed E-state index contributed by atoms with van der Waals surface area (Å²) in [5.74, 6) is 0.440. The minimum atomic E-state index is -0.455. The van der Waals surface area contributed by atoms with Crippen molar-refractivity contribution in [2.45, 2.75) is 6.10 Å². The lowest BCUT2D eigenvalue weighted by Gasteiger charge is -2.21. The lowest BCUT2D eigenvalue weighted by atomic mass is 10.0. The van der Waals surface area contributed by atoms with Crippen molar-refractivity contribution in [3.63, 3.8) is 0 Å². The van der Waals surface area contributed by atoms with Crippen LogP contribution in [0.3, 0.4) is 0 Å². The van der Waals surface area contributed by atoms with Gasteiger partial charge in [0.1, 0.15) is 0 Å². The van der Waals surface area contributed by atoms with Crippen LogP contribution < -0.4 is 10.5 Å². The number of aromatic nitrogens is 1. The summed E-state index contributed by atoms with van der Waals surface area (Å²) in [6, 6.07) is 16.1. The Kier molecular flexibility index (Phi) is 5.14. The number of nitrogens with zero attached hydrogens (tertiary/aromatic N) is 1. The molecule has 1 atom stereocenters. The zero-order chi connectivity index (χ0) is 17.1. The van der Waals surface area contributed by atoms with Gasteiger partial charge in [-0.15, -0.1) is 0 Å². The number of rotatable bonds is 4. The summed E-state index contributed by atoms with van der Waals surface area (Å²) in [4.78, 5) is 4.19. The van der Waals surface area contributed by atoms with Crippen molar-refractivity contribution in [1.82, 2.24) is 4.98 Å². The molecule has 1 aromatic heterocycles. The second-order valence-corrected chi connectivity index (χ2v) is 6.43. The third kappa shape index (κ3) is 3.93. The van der Waals surface area contributed by atoms with Gasteiger partial charge in [-0.3, -0.25) is 0 Å². The maximum atomic E-state index is 6.37. The van der Waals surface area contributed by atoms with Crippen molar-refractivity contribution in [2.24, 2.45) is 0 Å². The van der Waals surface area contributed by atoms with Crippen molar-refractivity contribution < 1.29 is 4.74 Å². The van der Waals surface area contributed by atoms with Crippen LogP contribution >= 0.6 is 34.8 Å². The van der Waals surface area contributed by atoms with Gasteiger partial charge in [0.2, 0.25) is 5.88 Å². The van der Waals surface area contributed by atoms with Crippen molar-refractivity contribution in [1.29, 1.82) is 0 Å². The Balaban J connectivity index is 2.02. The monoisotopic (exact) mass is 378 g/mol. The molecular formula is C18H13Cl3N2O. The molecule has 0 radical (unpaired) electrons. The van der Waals surface area contributed by atoms with E-state index in [0.29, 0.717) is 26.6 Å². The van der Waals surface area contributed by atoms with Crippen LogP contribution in [0.2, 0.25) is 15.1 Å². The van der Waals surface area contributed by atoms with Crippen LogP contribution in [-0.4, -0.2) is 4.98 Å². The van der Waals surface area contributed by atoms with Crippen molar-refractivity contribution in [3.8, 4) is 5.88 Å². The topological polar surface area (TPSA) is 48.1 Å². The van der Waals surface area contributed by atoms with E-state index in [4.69, 9.17) is 45.3 Å². The second-order valence-electron chi connectivity index (χ2n) is 5.15. The minimum absolute atomic E-state index is 0.440. The second kappa shape index (κ2) is 7.31. The smallest absolute Gasteiger partial charge is 0.214 e. The number of ether oxygens (including phenoxy) is 1. The molecule has 3 rings (SSSR count). The van der Waals surface area contributed by atoms with Gasteiger partial charge in [-0.05, 0) is 35.9 Å². The molecule has 3 nitrogen and oxygen atoms in total. The van der Waals surface area contributed by atoms with Gasteiger partial charge in [-0.1, -0.05) is 53.0 Å². The van der Waals surface area contributed by atoms with Crippen LogP contribution in [-0.2, 0) is 0 Å². The van der Waals surface area contributed by atoms with Crippen LogP contribution in [0.5, 0.6) is 5.88 Å². The number of hydrogen-bond donors (Lipinski definition) is 1. The normalized spacial score (nSPS) is 12.0. The third-order valence-corrected chi connectivity index (χ3v) is 4.23. The molecule has 0 spiro atoms. The van der Waals surface area contributed by atoms with E-state index in [1.807, 2.05) is 18.2 Å². The average Bonchev–Trinajstić information content (AvgIpc) is 2.56. The van der Waals surface area contributed by atoms with Gasteiger partial charge in [0.25, 0.3) is 0 Å². The molecular weight excluding hydrogens is 367 g/mol. The number of nitrogens with two attached hydrogens (primary N) is 1. The molecule has 0 aliphatic rings. The zero-order valence-electron chi connectivity index (χ0n) is 12.4. The van der Waals surface area contributed by atoms with Gasteiger partial charge in [0.15, 0.2) is 6.10 Å². The zero-order valence-corrected chi connectivity index (χ0v) is 14.7. The molecule has 0 bridgehead atoms. The first-order chi connectivity index (χ1) is 11.5. The Morgan fingerprint density at radius 2 is 1.58 bits per heavy atom. The van der Waals surface area contributed by atoms with Crippen LogP contribution in [0.15, 0.2) is 60.8 Å². The van der Waals surface area contributed by atoms with Crippen molar-refractivity contribution in [2.75, 3.05) is 5.73 Å². The molecule has 0 aliphatic heterocycles. The van der Waals surface area contributed by atoms with Crippen LogP contribution in [0.25, 0.3) is 0 Å². The fraction of sp³-hybridized carbons (Fsp3) is 0.0556. The van der Waals surface area contributed by atoms with E-state index in [1.165, 1.54) is 6.20 Å². The highest BCUT2D eigenvalue weighted by Gasteiger charge is 2.20. The van der Waals surface area contributed by atoms with Gasteiger partial charge in [0, 0.05) is 26.7 Å². The van der Waals surface area contributed by atoms with Crippen LogP contribution in [0, 0.1) is 0 Å². The number of hydrogen-bond acceptors (Lipinski definition) is 3. The Bertz CT molecular complexity index is 836. The summed E-state index contributed by atoms with van der Waals surface area (Å²) in [5.41, 5.74) is 7.90. The van der Waals surface area contributed by atoms with E-state index in [-0.39, 0.29) is 0 Å². The molecule has 2 N–H and O–H groups in total. The Labute approximate surface area is 154 Å². The summed E-state index contributed by atoms with van der Waals surface area (Å²) in [6.45, 7) is 0. The molecule has 24 heavy (non-hydrogen) atoms. The van der Waals surface area contributed by atoms with Crippen molar-refractivity contribution >= 4 is 40.5 Å². The third-order valence-electron chi connectivity index (χ3n) is 3.42. The molecule has 6 heteroatoms. The molecule has 0 aliphatic carbocycles. The molecule has 0 saturated heterocycles. The first-order valence-electron chi connectivity index (χ1n) is 7.11. The maximum Gasteiger partial charge on any atom is 0.214 e. The molecule has 0 fully saturated rings. The van der Waals surface area contributed by atoms with Gasteiger partial charge in [-0.25, -0.2) is 4.98 Å². The molecule has 1 heterocycles. The van der Waals surface area contributed by atoms with Gasteiger partial charge in [-0.2, -0.15) is 0 Å². The van der Waals surface area contributed by atoms with E-state index in [1.54, 1.807) is 36.4 Å². The fourth-order valence-electron chi connectivity index (χ4n) is 2.24. The van der Waals surface area contributed by atoms with E-state index in [9.17, 15) is 0 Å².